The van der Waals surface area contributed by atoms with E-state index in [4.69, 9.17) is 15.2 Å². The van der Waals surface area contributed by atoms with E-state index in [1.807, 2.05) is 30.3 Å². The van der Waals surface area contributed by atoms with Crippen molar-refractivity contribution in [1.29, 1.82) is 0 Å². The monoisotopic (exact) mass is 293 g/mol. The van der Waals surface area contributed by atoms with E-state index >= 15 is 0 Å². The molecule has 0 unspecified atom stereocenters. The standard InChI is InChI=1S/C18H15NO3/c19-6-5-11-9-16-18(22-8-7-21-16)17-13-4-2-1-3-12(13)15(20)10-14(11)17/h1-6,9H,7-8,10,19H2/b6-5-. The number of carbonyl (C=O) groups is 1. The zero-order valence-electron chi connectivity index (χ0n) is 12.0. The minimum atomic E-state index is 0.117. The molecule has 0 amide bonds. The van der Waals surface area contributed by atoms with E-state index in [1.54, 1.807) is 6.08 Å². The molecule has 0 aromatic heterocycles. The molecule has 1 aliphatic heterocycles. The molecule has 1 heterocycles. The largest absolute Gasteiger partial charge is 0.486 e. The second kappa shape index (κ2) is 4.91. The second-order valence-electron chi connectivity index (χ2n) is 5.35. The van der Waals surface area contributed by atoms with E-state index in [2.05, 4.69) is 0 Å². The van der Waals surface area contributed by atoms with Gasteiger partial charge in [0.05, 0.1) is 0 Å². The lowest BCUT2D eigenvalue weighted by molar-refractivity contribution is 0.0991. The summed E-state index contributed by atoms with van der Waals surface area (Å²) in [6.45, 7) is 1.04. The van der Waals surface area contributed by atoms with Crippen molar-refractivity contribution in [1.82, 2.24) is 0 Å². The molecular weight excluding hydrogens is 278 g/mol. The Morgan fingerprint density at radius 2 is 1.86 bits per heavy atom. The number of carbonyl (C=O) groups excluding carboxylic acids is 1. The van der Waals surface area contributed by atoms with Crippen molar-refractivity contribution in [2.75, 3.05) is 13.2 Å². The maximum Gasteiger partial charge on any atom is 0.169 e. The third kappa shape index (κ3) is 1.80. The number of hydrogen-bond acceptors (Lipinski definition) is 4. The van der Waals surface area contributed by atoms with Crippen molar-refractivity contribution in [2.45, 2.75) is 6.42 Å². The van der Waals surface area contributed by atoms with Crippen molar-refractivity contribution in [3.63, 3.8) is 0 Å². The highest BCUT2D eigenvalue weighted by Crippen LogP contribution is 2.47. The molecule has 2 aromatic carbocycles. The zero-order valence-corrected chi connectivity index (χ0v) is 12.0. The number of ketones is 1. The van der Waals surface area contributed by atoms with Gasteiger partial charge in [-0.2, -0.15) is 0 Å². The van der Waals surface area contributed by atoms with Crippen LogP contribution in [0.1, 0.15) is 21.5 Å². The molecule has 0 saturated carbocycles. The maximum absolute atomic E-state index is 12.4. The molecule has 0 fully saturated rings. The number of ether oxygens (including phenoxy) is 2. The van der Waals surface area contributed by atoms with E-state index in [9.17, 15) is 4.79 Å². The quantitative estimate of drug-likeness (QED) is 0.878. The van der Waals surface area contributed by atoms with Crippen LogP contribution in [0.4, 0.5) is 0 Å². The Balaban J connectivity index is 2.08. The Morgan fingerprint density at radius 1 is 1.09 bits per heavy atom. The Morgan fingerprint density at radius 3 is 2.68 bits per heavy atom. The van der Waals surface area contributed by atoms with Crippen LogP contribution in [-0.4, -0.2) is 19.0 Å². The van der Waals surface area contributed by atoms with Gasteiger partial charge in [0, 0.05) is 17.5 Å². The van der Waals surface area contributed by atoms with Crippen LogP contribution in [0.2, 0.25) is 0 Å². The highest BCUT2D eigenvalue weighted by atomic mass is 16.6. The molecule has 2 aliphatic rings. The zero-order chi connectivity index (χ0) is 15.1. The van der Waals surface area contributed by atoms with Gasteiger partial charge >= 0.3 is 0 Å². The van der Waals surface area contributed by atoms with E-state index < -0.39 is 0 Å². The van der Waals surface area contributed by atoms with Gasteiger partial charge in [-0.05, 0) is 35.0 Å². The summed E-state index contributed by atoms with van der Waals surface area (Å²) in [5.74, 6) is 1.56. The topological polar surface area (TPSA) is 61.6 Å². The Labute approximate surface area is 128 Å². The number of nitrogens with two attached hydrogens (primary N) is 1. The molecule has 4 heteroatoms. The van der Waals surface area contributed by atoms with Crippen molar-refractivity contribution in [3.05, 3.63) is 53.2 Å². The van der Waals surface area contributed by atoms with Gasteiger partial charge in [-0.1, -0.05) is 24.3 Å². The van der Waals surface area contributed by atoms with Gasteiger partial charge < -0.3 is 15.2 Å². The van der Waals surface area contributed by atoms with Gasteiger partial charge in [0.1, 0.15) is 13.2 Å². The van der Waals surface area contributed by atoms with Crippen molar-refractivity contribution < 1.29 is 14.3 Å². The van der Waals surface area contributed by atoms with Crippen LogP contribution in [0, 0.1) is 0 Å². The van der Waals surface area contributed by atoms with Gasteiger partial charge in [0.25, 0.3) is 0 Å². The minimum Gasteiger partial charge on any atom is -0.486 e. The summed E-state index contributed by atoms with van der Waals surface area (Å²) in [5.41, 5.74) is 10.0. The summed E-state index contributed by atoms with van der Waals surface area (Å²) in [5, 5.41) is 0. The molecule has 1 aliphatic carbocycles. The fraction of sp³-hybridized carbons (Fsp3) is 0.167. The molecular formula is C18H15NO3. The Bertz CT molecular complexity index is 808. The average molecular weight is 293 g/mol. The number of hydrogen-bond donors (Lipinski definition) is 1. The van der Waals surface area contributed by atoms with E-state index in [0.717, 1.165) is 33.6 Å². The number of benzene rings is 2. The fourth-order valence-electron chi connectivity index (χ4n) is 3.17. The lowest BCUT2D eigenvalue weighted by Gasteiger charge is -2.28. The second-order valence-corrected chi connectivity index (χ2v) is 5.35. The Hall–Kier alpha value is -2.75. The summed E-state index contributed by atoms with van der Waals surface area (Å²) < 4.78 is 11.6. The first kappa shape index (κ1) is 13.0. The molecule has 4 nitrogen and oxygen atoms in total. The van der Waals surface area contributed by atoms with Crippen LogP contribution in [0.3, 0.4) is 0 Å². The third-order valence-corrected chi connectivity index (χ3v) is 4.08. The first-order valence-electron chi connectivity index (χ1n) is 7.26. The molecule has 0 radical (unpaired) electrons. The van der Waals surface area contributed by atoms with E-state index in [0.29, 0.717) is 25.4 Å². The number of Topliss-reactive ketones (excluding diaryl/α,β-unsaturated/α-hetero) is 1. The molecule has 0 bridgehead atoms. The first-order chi connectivity index (χ1) is 10.8. The molecule has 0 saturated heterocycles. The molecule has 110 valence electrons. The van der Waals surface area contributed by atoms with Crippen molar-refractivity contribution in [2.24, 2.45) is 5.73 Å². The molecule has 22 heavy (non-hydrogen) atoms. The lowest BCUT2D eigenvalue weighted by Crippen LogP contribution is -2.20. The van der Waals surface area contributed by atoms with Gasteiger partial charge in [0.15, 0.2) is 17.3 Å². The van der Waals surface area contributed by atoms with Gasteiger partial charge in [-0.25, -0.2) is 0 Å². The fourth-order valence-corrected chi connectivity index (χ4v) is 3.17. The van der Waals surface area contributed by atoms with Crippen LogP contribution in [0.5, 0.6) is 11.5 Å². The summed E-state index contributed by atoms with van der Waals surface area (Å²) >= 11 is 0. The summed E-state index contributed by atoms with van der Waals surface area (Å²) in [7, 11) is 0. The van der Waals surface area contributed by atoms with Gasteiger partial charge in [-0.15, -0.1) is 0 Å². The normalized spacial score (nSPS) is 15.5. The van der Waals surface area contributed by atoms with Crippen LogP contribution in [0.15, 0.2) is 36.5 Å². The highest BCUT2D eigenvalue weighted by molar-refractivity contribution is 6.09. The maximum atomic E-state index is 12.4. The number of fused-ring (bicyclic) bond motifs is 5. The van der Waals surface area contributed by atoms with E-state index in [-0.39, 0.29) is 5.78 Å². The van der Waals surface area contributed by atoms with Gasteiger partial charge in [-0.3, -0.25) is 4.79 Å². The molecule has 0 atom stereocenters. The molecule has 2 aromatic rings. The van der Waals surface area contributed by atoms with Crippen molar-refractivity contribution in [3.8, 4) is 22.6 Å². The van der Waals surface area contributed by atoms with Crippen LogP contribution < -0.4 is 15.2 Å². The first-order valence-corrected chi connectivity index (χ1v) is 7.26. The molecule has 2 N–H and O–H groups in total. The van der Waals surface area contributed by atoms with Crippen LogP contribution in [-0.2, 0) is 6.42 Å². The predicted octanol–water partition coefficient (Wildman–Crippen LogP) is 2.79. The predicted molar refractivity (Wildman–Crippen MR) is 84.1 cm³/mol. The highest BCUT2D eigenvalue weighted by Gasteiger charge is 2.30. The lowest BCUT2D eigenvalue weighted by atomic mass is 9.81. The average Bonchev–Trinajstić information content (AvgIpc) is 2.55. The molecule has 0 spiro atoms. The van der Waals surface area contributed by atoms with Crippen LogP contribution >= 0.6 is 0 Å². The Kier molecular flexibility index (Phi) is 2.89. The van der Waals surface area contributed by atoms with Crippen molar-refractivity contribution >= 4 is 11.9 Å². The smallest absolute Gasteiger partial charge is 0.169 e. The third-order valence-electron chi connectivity index (χ3n) is 4.08. The van der Waals surface area contributed by atoms with E-state index in [1.165, 1.54) is 6.20 Å². The van der Waals surface area contributed by atoms with Gasteiger partial charge in [0.2, 0.25) is 0 Å². The number of rotatable bonds is 1. The minimum absolute atomic E-state index is 0.117. The summed E-state index contributed by atoms with van der Waals surface area (Å²) in [6, 6.07) is 9.54. The summed E-state index contributed by atoms with van der Waals surface area (Å²) in [4.78, 5) is 12.4. The van der Waals surface area contributed by atoms with Crippen LogP contribution in [0.25, 0.3) is 17.2 Å². The summed E-state index contributed by atoms with van der Waals surface area (Å²) in [6.07, 6.45) is 3.64. The molecule has 4 rings (SSSR count). The SMILES string of the molecule is N/C=C\c1cc2c(c3c1CC(=O)c1ccccc1-3)OCCO2.